The first-order valence-corrected chi connectivity index (χ1v) is 16.9. The first-order valence-electron chi connectivity index (χ1n) is 13.2. The summed E-state index contributed by atoms with van der Waals surface area (Å²) >= 11 is 0. The Morgan fingerprint density at radius 2 is 0.947 bits per heavy atom. The van der Waals surface area contributed by atoms with E-state index >= 15 is 0 Å². The van der Waals surface area contributed by atoms with E-state index in [0.717, 1.165) is 23.5 Å². The Labute approximate surface area is 226 Å². The van der Waals surface area contributed by atoms with Gasteiger partial charge in [0.05, 0.1) is 6.16 Å². The predicted octanol–water partition coefficient (Wildman–Crippen LogP) is 5.64. The van der Waals surface area contributed by atoms with Crippen molar-refractivity contribution in [3.05, 3.63) is 121 Å². The molecule has 196 valence electrons. The molecule has 0 unspecified atom stereocenters. The van der Waals surface area contributed by atoms with Gasteiger partial charge in [0.25, 0.3) is 0 Å². The number of rotatable bonds is 12. The zero-order chi connectivity index (χ0) is 26.8. The molecule has 0 saturated heterocycles. The molecule has 0 aliphatic rings. The lowest BCUT2D eigenvalue weighted by atomic mass is 10.3. The Bertz CT molecular complexity index is 1310. The van der Waals surface area contributed by atoms with Gasteiger partial charge in [-0.2, -0.15) is 0 Å². The predicted molar refractivity (Wildman–Crippen MR) is 161 cm³/mol. The number of unbranched alkanes of at least 4 members (excludes halogenated alkanes) is 1. The summed E-state index contributed by atoms with van der Waals surface area (Å²) in [6, 6.07) is 37.7. The van der Waals surface area contributed by atoms with Gasteiger partial charge in [-0.05, 0) is 6.42 Å². The second-order valence-electron chi connectivity index (χ2n) is 9.44. The highest BCUT2D eigenvalue weighted by molar-refractivity contribution is 7.79. The maximum absolute atomic E-state index is 14.6. The highest BCUT2D eigenvalue weighted by atomic mass is 31.2. The zero-order valence-electron chi connectivity index (χ0n) is 21.9. The Morgan fingerprint density at radius 3 is 1.32 bits per heavy atom. The quantitative estimate of drug-likeness (QED) is 0.217. The fraction of sp³-hybridized carbons (Fsp3) is 0.219. The van der Waals surface area contributed by atoms with Crippen molar-refractivity contribution in [3.8, 4) is 0 Å². The van der Waals surface area contributed by atoms with E-state index in [0.29, 0.717) is 29.9 Å². The second-order valence-corrected chi connectivity index (χ2v) is 15.2. The van der Waals surface area contributed by atoms with Crippen LogP contribution in [0.5, 0.6) is 0 Å². The Hall–Kier alpha value is -3.19. The van der Waals surface area contributed by atoms with Crippen LogP contribution in [-0.2, 0) is 13.9 Å². The highest BCUT2D eigenvalue weighted by Gasteiger charge is 2.33. The fourth-order valence-electron chi connectivity index (χ4n) is 4.68. The molecule has 0 heterocycles. The van der Waals surface area contributed by atoms with E-state index < -0.39 is 14.3 Å². The lowest BCUT2D eigenvalue weighted by molar-refractivity contribution is -0.128. The average molecular weight is 544 g/mol. The van der Waals surface area contributed by atoms with Crippen molar-refractivity contribution >= 4 is 41.4 Å². The minimum atomic E-state index is -3.21. The largest absolute Gasteiger partial charge is 0.342 e. The number of amides is 1. The summed E-state index contributed by atoms with van der Waals surface area (Å²) in [5, 5.41) is 2.92. The molecule has 0 radical (unpaired) electrons. The van der Waals surface area contributed by atoms with Gasteiger partial charge in [0, 0.05) is 40.5 Å². The van der Waals surface area contributed by atoms with Crippen molar-refractivity contribution in [2.75, 3.05) is 25.4 Å². The molecular formula is C32H35NO3P2. The van der Waals surface area contributed by atoms with Crippen LogP contribution in [0, 0.1) is 0 Å². The fourth-order valence-corrected chi connectivity index (χ4v) is 9.87. The summed E-state index contributed by atoms with van der Waals surface area (Å²) in [5.74, 6) is -0.165. The molecule has 0 fully saturated rings. The van der Waals surface area contributed by atoms with E-state index in [1.54, 1.807) is 4.90 Å². The monoisotopic (exact) mass is 543 g/mol. The third-order valence-electron chi connectivity index (χ3n) is 6.87. The molecule has 4 nitrogen and oxygen atoms in total. The lowest BCUT2D eigenvalue weighted by Crippen LogP contribution is -2.39. The van der Waals surface area contributed by atoms with Gasteiger partial charge in [0.2, 0.25) is 5.91 Å². The summed E-state index contributed by atoms with van der Waals surface area (Å²) in [6.45, 7) is 2.96. The van der Waals surface area contributed by atoms with Gasteiger partial charge in [-0.3, -0.25) is 4.79 Å². The van der Waals surface area contributed by atoms with E-state index in [4.69, 9.17) is 0 Å². The summed E-state index contributed by atoms with van der Waals surface area (Å²) in [7, 11) is -6.19. The van der Waals surface area contributed by atoms with Gasteiger partial charge in [0.15, 0.2) is 7.14 Å². The van der Waals surface area contributed by atoms with Crippen molar-refractivity contribution in [3.63, 3.8) is 0 Å². The molecule has 4 rings (SSSR count). The molecule has 0 N–H and O–H groups in total. The Kier molecular flexibility index (Phi) is 9.56. The van der Waals surface area contributed by atoms with E-state index in [1.165, 1.54) is 0 Å². The van der Waals surface area contributed by atoms with Crippen molar-refractivity contribution in [2.24, 2.45) is 0 Å². The van der Waals surface area contributed by atoms with E-state index in [2.05, 4.69) is 6.92 Å². The number of nitrogens with zero attached hydrogens (tertiary/aromatic N) is 1. The van der Waals surface area contributed by atoms with Crippen LogP contribution < -0.4 is 21.2 Å². The van der Waals surface area contributed by atoms with Crippen molar-refractivity contribution < 1.29 is 13.9 Å². The lowest BCUT2D eigenvalue weighted by Gasteiger charge is -2.28. The molecule has 4 aromatic rings. The van der Waals surface area contributed by atoms with Gasteiger partial charge in [-0.25, -0.2) is 0 Å². The number of carbonyl (C=O) groups excluding carboxylic acids is 1. The molecule has 0 aliphatic carbocycles. The molecule has 0 bridgehead atoms. The van der Waals surface area contributed by atoms with Crippen LogP contribution in [0.2, 0.25) is 0 Å². The molecule has 0 atom stereocenters. The smallest absolute Gasteiger partial charge is 0.230 e. The van der Waals surface area contributed by atoms with Crippen LogP contribution in [0.4, 0.5) is 0 Å². The molecule has 1 amide bonds. The van der Waals surface area contributed by atoms with Crippen molar-refractivity contribution in [2.45, 2.75) is 19.8 Å². The topological polar surface area (TPSA) is 54.5 Å². The maximum atomic E-state index is 14.6. The highest BCUT2D eigenvalue weighted by Crippen LogP contribution is 2.45. The molecule has 38 heavy (non-hydrogen) atoms. The van der Waals surface area contributed by atoms with E-state index in [9.17, 15) is 13.9 Å². The Balaban J connectivity index is 1.64. The minimum Gasteiger partial charge on any atom is -0.342 e. The van der Waals surface area contributed by atoms with Crippen LogP contribution in [0.1, 0.15) is 19.8 Å². The summed E-state index contributed by atoms with van der Waals surface area (Å²) < 4.78 is 29.1. The summed E-state index contributed by atoms with van der Waals surface area (Å²) in [5.41, 5.74) is 0. The maximum Gasteiger partial charge on any atom is 0.230 e. The molecular weight excluding hydrogens is 508 g/mol. The van der Waals surface area contributed by atoms with Gasteiger partial charge < -0.3 is 14.0 Å². The number of hydrogen-bond donors (Lipinski definition) is 0. The zero-order valence-corrected chi connectivity index (χ0v) is 23.6. The average Bonchev–Trinajstić information content (AvgIpc) is 2.98. The minimum absolute atomic E-state index is 0.0916. The van der Waals surface area contributed by atoms with E-state index in [-0.39, 0.29) is 12.1 Å². The number of carbonyl (C=O) groups is 1. The molecule has 4 aromatic carbocycles. The molecule has 0 saturated carbocycles. The van der Waals surface area contributed by atoms with Gasteiger partial charge >= 0.3 is 0 Å². The van der Waals surface area contributed by atoms with Crippen LogP contribution in [0.3, 0.4) is 0 Å². The standard InChI is InChI=1S/C32H35NO3P2/c1-2-3-24-33(25-26-37(35,28-16-8-4-9-17-28)29-18-10-5-11-19-29)32(34)27-38(36,30-20-12-6-13-21-30)31-22-14-7-15-23-31/h4-23H,2-3,24-27H2,1H3. The molecule has 0 spiro atoms. The molecule has 0 aliphatic heterocycles. The van der Waals surface area contributed by atoms with Crippen LogP contribution in [0.15, 0.2) is 121 Å². The number of hydrogen-bond acceptors (Lipinski definition) is 3. The van der Waals surface area contributed by atoms with E-state index in [1.807, 2.05) is 121 Å². The first kappa shape index (κ1) is 27.8. The van der Waals surface area contributed by atoms with Gasteiger partial charge in [-0.15, -0.1) is 0 Å². The normalized spacial score (nSPS) is 11.7. The van der Waals surface area contributed by atoms with Crippen molar-refractivity contribution in [1.82, 2.24) is 4.90 Å². The van der Waals surface area contributed by atoms with Crippen LogP contribution in [-0.4, -0.2) is 36.2 Å². The number of benzene rings is 4. The third-order valence-corrected chi connectivity index (χ3v) is 12.9. The van der Waals surface area contributed by atoms with Crippen LogP contribution >= 0.6 is 14.3 Å². The van der Waals surface area contributed by atoms with Gasteiger partial charge in [-0.1, -0.05) is 135 Å². The Morgan fingerprint density at radius 1 is 0.579 bits per heavy atom. The van der Waals surface area contributed by atoms with Crippen LogP contribution in [0.25, 0.3) is 0 Å². The summed E-state index contributed by atoms with van der Waals surface area (Å²) in [4.78, 5) is 15.6. The third kappa shape index (κ3) is 6.44. The van der Waals surface area contributed by atoms with Crippen molar-refractivity contribution in [1.29, 1.82) is 0 Å². The summed E-state index contributed by atoms with van der Waals surface area (Å²) in [6.07, 6.45) is 1.99. The van der Waals surface area contributed by atoms with Gasteiger partial charge in [0.1, 0.15) is 7.14 Å². The SMILES string of the molecule is CCCCN(CCP(=O)(c1ccccc1)c1ccccc1)C(=O)CP(=O)(c1ccccc1)c1ccccc1. The first-order chi connectivity index (χ1) is 18.5. The molecule has 6 heteroatoms. The molecule has 0 aromatic heterocycles. The second kappa shape index (κ2) is 13.1.